The summed E-state index contributed by atoms with van der Waals surface area (Å²) in [7, 11) is 1.36. The fourth-order valence-electron chi connectivity index (χ4n) is 2.21. The number of methoxy groups -OCH3 is 1. The van der Waals surface area contributed by atoms with Crippen LogP contribution in [0.1, 0.15) is 71.6 Å². The lowest BCUT2D eigenvalue weighted by Crippen LogP contribution is -2.19. The van der Waals surface area contributed by atoms with Gasteiger partial charge in [-0.25, -0.2) is 0 Å². The van der Waals surface area contributed by atoms with Crippen LogP contribution in [0.25, 0.3) is 0 Å². The van der Waals surface area contributed by atoms with Crippen LogP contribution in [0.4, 0.5) is 0 Å². The van der Waals surface area contributed by atoms with Crippen molar-refractivity contribution in [2.75, 3.05) is 13.7 Å². The van der Waals surface area contributed by atoms with E-state index >= 15 is 0 Å². The van der Waals surface area contributed by atoms with Crippen molar-refractivity contribution >= 4 is 11.9 Å². The molecule has 22 heavy (non-hydrogen) atoms. The molecule has 1 N–H and O–H groups in total. The Hall–Kier alpha value is -1.10. The fraction of sp³-hybridized carbons (Fsp3) is 0.882. The van der Waals surface area contributed by atoms with E-state index in [9.17, 15) is 14.7 Å². The molecule has 0 heterocycles. The second-order valence-electron chi connectivity index (χ2n) is 5.78. The molecule has 1 unspecified atom stereocenters. The van der Waals surface area contributed by atoms with E-state index in [0.29, 0.717) is 38.2 Å². The highest BCUT2D eigenvalue weighted by Crippen LogP contribution is 2.14. The molecule has 0 aromatic rings. The predicted octanol–water partition coefficient (Wildman–Crippen LogP) is 3.23. The molecule has 0 rings (SSSR count). The van der Waals surface area contributed by atoms with E-state index in [-0.39, 0.29) is 18.4 Å². The summed E-state index contributed by atoms with van der Waals surface area (Å²) in [4.78, 5) is 22.6. The Morgan fingerprint density at radius 1 is 1.05 bits per heavy atom. The zero-order valence-corrected chi connectivity index (χ0v) is 14.3. The molecule has 0 spiro atoms. The molecular weight excluding hydrogens is 284 g/mol. The van der Waals surface area contributed by atoms with Gasteiger partial charge in [0.1, 0.15) is 0 Å². The molecule has 0 saturated carbocycles. The van der Waals surface area contributed by atoms with Gasteiger partial charge in [-0.1, -0.05) is 39.5 Å². The van der Waals surface area contributed by atoms with E-state index < -0.39 is 6.10 Å². The Kier molecular flexibility index (Phi) is 12.9. The van der Waals surface area contributed by atoms with Crippen LogP contribution in [0.2, 0.25) is 0 Å². The third-order valence-electron chi connectivity index (χ3n) is 3.82. The zero-order valence-electron chi connectivity index (χ0n) is 14.3. The highest BCUT2D eigenvalue weighted by Gasteiger charge is 2.14. The fourth-order valence-corrected chi connectivity index (χ4v) is 2.21. The van der Waals surface area contributed by atoms with Gasteiger partial charge in [0.05, 0.1) is 26.2 Å². The maximum atomic E-state index is 11.7. The van der Waals surface area contributed by atoms with Crippen molar-refractivity contribution in [1.29, 1.82) is 0 Å². The summed E-state index contributed by atoms with van der Waals surface area (Å²) < 4.78 is 9.79. The van der Waals surface area contributed by atoms with Gasteiger partial charge in [0, 0.05) is 6.42 Å². The van der Waals surface area contributed by atoms with Crippen LogP contribution in [0.15, 0.2) is 0 Å². The number of carbonyl (C=O) groups excluding carboxylic acids is 2. The molecule has 0 aromatic heterocycles. The van der Waals surface area contributed by atoms with Gasteiger partial charge in [0.25, 0.3) is 0 Å². The van der Waals surface area contributed by atoms with Crippen molar-refractivity contribution in [3.63, 3.8) is 0 Å². The molecule has 5 nitrogen and oxygen atoms in total. The van der Waals surface area contributed by atoms with Crippen LogP contribution in [-0.4, -0.2) is 36.9 Å². The van der Waals surface area contributed by atoms with Gasteiger partial charge < -0.3 is 14.6 Å². The average Bonchev–Trinajstić information content (AvgIpc) is 2.51. The summed E-state index contributed by atoms with van der Waals surface area (Å²) in [6.07, 6.45) is 5.92. The first-order chi connectivity index (χ1) is 10.5. The number of unbranched alkanes of at least 4 members (excludes halogenated alkanes) is 2. The molecule has 0 saturated heterocycles. The summed E-state index contributed by atoms with van der Waals surface area (Å²) in [6, 6.07) is 0. The molecule has 130 valence electrons. The van der Waals surface area contributed by atoms with Crippen LogP contribution < -0.4 is 0 Å². The van der Waals surface area contributed by atoms with Gasteiger partial charge in [-0.3, -0.25) is 9.59 Å². The monoisotopic (exact) mass is 316 g/mol. The van der Waals surface area contributed by atoms with Crippen LogP contribution in [-0.2, 0) is 19.1 Å². The maximum absolute atomic E-state index is 11.7. The van der Waals surface area contributed by atoms with E-state index in [4.69, 9.17) is 4.74 Å². The highest BCUT2D eigenvalue weighted by atomic mass is 16.5. The molecule has 0 fully saturated rings. The Morgan fingerprint density at radius 3 is 2.36 bits per heavy atom. The van der Waals surface area contributed by atoms with Gasteiger partial charge in [0.2, 0.25) is 0 Å². The van der Waals surface area contributed by atoms with Gasteiger partial charge >= 0.3 is 11.9 Å². The van der Waals surface area contributed by atoms with E-state index in [1.165, 1.54) is 7.11 Å². The number of aliphatic hydroxyl groups excluding tert-OH is 1. The van der Waals surface area contributed by atoms with Crippen molar-refractivity contribution in [2.45, 2.75) is 77.7 Å². The number of aliphatic hydroxyl groups is 1. The smallest absolute Gasteiger partial charge is 0.308 e. The molecular formula is C17H32O5. The number of esters is 2. The van der Waals surface area contributed by atoms with E-state index in [1.54, 1.807) is 0 Å². The zero-order chi connectivity index (χ0) is 16.8. The summed E-state index contributed by atoms with van der Waals surface area (Å²) in [5, 5.41) is 9.79. The predicted molar refractivity (Wildman–Crippen MR) is 85.4 cm³/mol. The van der Waals surface area contributed by atoms with Crippen LogP contribution in [0, 0.1) is 5.92 Å². The Balaban J connectivity index is 3.74. The standard InChI is InChI=1S/C17H32O5/c1-4-6-9-14(5-2)13-22-17(20)12-15(18)10-7-8-11-16(19)21-3/h14-15,18H,4-13H2,1-3H3/t14?,15-/m0/s1. The first kappa shape index (κ1) is 20.9. The average molecular weight is 316 g/mol. The molecule has 0 amide bonds. The molecule has 0 aliphatic heterocycles. The van der Waals surface area contributed by atoms with Crippen molar-refractivity contribution in [1.82, 2.24) is 0 Å². The Bertz CT molecular complexity index is 303. The van der Waals surface area contributed by atoms with Crippen LogP contribution in [0.3, 0.4) is 0 Å². The summed E-state index contributed by atoms with van der Waals surface area (Å²) in [6.45, 7) is 4.70. The molecule has 0 aliphatic rings. The summed E-state index contributed by atoms with van der Waals surface area (Å²) in [5.41, 5.74) is 0. The van der Waals surface area contributed by atoms with Gasteiger partial charge in [-0.05, 0) is 25.2 Å². The number of carbonyl (C=O) groups is 2. The van der Waals surface area contributed by atoms with Crippen molar-refractivity contribution in [3.8, 4) is 0 Å². The third kappa shape index (κ3) is 11.5. The van der Waals surface area contributed by atoms with E-state index in [0.717, 1.165) is 25.7 Å². The lowest BCUT2D eigenvalue weighted by Gasteiger charge is -2.15. The number of hydrogen-bond acceptors (Lipinski definition) is 5. The second kappa shape index (κ2) is 13.6. The lowest BCUT2D eigenvalue weighted by atomic mass is 10.0. The minimum atomic E-state index is -0.694. The summed E-state index contributed by atoms with van der Waals surface area (Å²) >= 11 is 0. The number of hydrogen-bond donors (Lipinski definition) is 1. The quantitative estimate of drug-likeness (QED) is 0.417. The van der Waals surface area contributed by atoms with Crippen molar-refractivity contribution in [3.05, 3.63) is 0 Å². The summed E-state index contributed by atoms with van der Waals surface area (Å²) in [5.74, 6) is -0.164. The maximum Gasteiger partial charge on any atom is 0.308 e. The van der Waals surface area contributed by atoms with Gasteiger partial charge in [0.15, 0.2) is 0 Å². The SMILES string of the molecule is CCCCC(CC)COC(=O)C[C@@H](O)CCCCC(=O)OC. The third-order valence-corrected chi connectivity index (χ3v) is 3.82. The number of rotatable bonds is 13. The van der Waals surface area contributed by atoms with E-state index in [1.807, 2.05) is 0 Å². The highest BCUT2D eigenvalue weighted by molar-refractivity contribution is 5.70. The molecule has 0 bridgehead atoms. The largest absolute Gasteiger partial charge is 0.469 e. The van der Waals surface area contributed by atoms with Crippen LogP contribution in [0.5, 0.6) is 0 Å². The number of ether oxygens (including phenoxy) is 2. The molecule has 0 aromatic carbocycles. The lowest BCUT2D eigenvalue weighted by molar-refractivity contribution is -0.147. The molecule has 0 aliphatic carbocycles. The first-order valence-corrected chi connectivity index (χ1v) is 8.43. The Morgan fingerprint density at radius 2 is 1.77 bits per heavy atom. The molecule has 0 radical (unpaired) electrons. The minimum Gasteiger partial charge on any atom is -0.469 e. The van der Waals surface area contributed by atoms with Gasteiger partial charge in [-0.15, -0.1) is 0 Å². The Labute approximate surface area is 134 Å². The molecule has 2 atom stereocenters. The minimum absolute atomic E-state index is 0.0302. The van der Waals surface area contributed by atoms with Crippen molar-refractivity contribution in [2.24, 2.45) is 5.92 Å². The van der Waals surface area contributed by atoms with Crippen molar-refractivity contribution < 1.29 is 24.2 Å². The first-order valence-electron chi connectivity index (χ1n) is 8.43. The second-order valence-corrected chi connectivity index (χ2v) is 5.78. The normalized spacial score (nSPS) is 13.5. The van der Waals surface area contributed by atoms with Gasteiger partial charge in [-0.2, -0.15) is 0 Å². The topological polar surface area (TPSA) is 72.8 Å². The van der Waals surface area contributed by atoms with E-state index in [2.05, 4.69) is 18.6 Å². The molecule has 5 heteroatoms. The van der Waals surface area contributed by atoms with Crippen LogP contribution >= 0.6 is 0 Å².